The van der Waals surface area contributed by atoms with E-state index in [1.807, 2.05) is 24.3 Å². The highest BCUT2D eigenvalue weighted by molar-refractivity contribution is 7.92. The van der Waals surface area contributed by atoms with Crippen molar-refractivity contribution in [2.45, 2.75) is 0 Å². The number of nitrogens with one attached hydrogen (secondary N) is 1. The number of para-hydroxylation sites is 1. The highest BCUT2D eigenvalue weighted by Crippen LogP contribution is 2.30. The van der Waals surface area contributed by atoms with Crippen molar-refractivity contribution >= 4 is 37.6 Å². The van der Waals surface area contributed by atoms with Crippen LogP contribution in [-0.4, -0.2) is 14.7 Å². The van der Waals surface area contributed by atoms with E-state index in [0.29, 0.717) is 5.69 Å². The van der Waals surface area contributed by atoms with Gasteiger partial charge in [0.25, 0.3) is 0 Å². The van der Waals surface area contributed by atoms with Gasteiger partial charge in [0, 0.05) is 16.5 Å². The van der Waals surface area contributed by atoms with Crippen molar-refractivity contribution in [3.63, 3.8) is 0 Å². The van der Waals surface area contributed by atoms with Gasteiger partial charge < -0.3 is 4.42 Å². The summed E-state index contributed by atoms with van der Waals surface area (Å²) in [6, 6.07) is 12.9. The van der Waals surface area contributed by atoms with Crippen LogP contribution in [0.2, 0.25) is 0 Å². The first-order valence-corrected chi connectivity index (χ1v) is 7.31. The van der Waals surface area contributed by atoms with Gasteiger partial charge in [-0.3, -0.25) is 4.72 Å². The molecule has 2 aromatic carbocycles. The number of sulfonamides is 1. The van der Waals surface area contributed by atoms with E-state index in [4.69, 9.17) is 4.42 Å². The summed E-state index contributed by atoms with van der Waals surface area (Å²) in [7, 11) is -3.26. The van der Waals surface area contributed by atoms with E-state index in [1.165, 1.54) is 0 Å². The Morgan fingerprint density at radius 2 is 1.72 bits per heavy atom. The summed E-state index contributed by atoms with van der Waals surface area (Å²) in [6.45, 7) is 0. The number of anilines is 1. The number of furan rings is 1. The maximum atomic E-state index is 11.2. The van der Waals surface area contributed by atoms with Crippen LogP contribution in [0.1, 0.15) is 0 Å². The summed E-state index contributed by atoms with van der Waals surface area (Å²) < 4.78 is 30.5. The van der Waals surface area contributed by atoms with Gasteiger partial charge in [0.15, 0.2) is 0 Å². The number of hydrogen-bond acceptors (Lipinski definition) is 3. The lowest BCUT2D eigenvalue weighted by Gasteiger charge is -2.02. The molecule has 0 bridgehead atoms. The minimum Gasteiger partial charge on any atom is -0.456 e. The van der Waals surface area contributed by atoms with E-state index >= 15 is 0 Å². The Balaban J connectivity index is 2.24. The zero-order valence-corrected chi connectivity index (χ0v) is 10.5. The largest absolute Gasteiger partial charge is 0.456 e. The number of rotatable bonds is 2. The summed E-state index contributed by atoms with van der Waals surface area (Å²) in [4.78, 5) is 0. The Bertz CT molecular complexity index is 834. The Morgan fingerprint density at radius 3 is 2.50 bits per heavy atom. The zero-order chi connectivity index (χ0) is 12.8. The first kappa shape index (κ1) is 11.1. The summed E-state index contributed by atoms with van der Waals surface area (Å²) >= 11 is 0. The van der Waals surface area contributed by atoms with Crippen molar-refractivity contribution in [3.8, 4) is 0 Å². The van der Waals surface area contributed by atoms with Crippen molar-refractivity contribution in [1.82, 2.24) is 0 Å². The van der Waals surface area contributed by atoms with E-state index in [-0.39, 0.29) is 0 Å². The third-order valence-corrected chi connectivity index (χ3v) is 3.29. The van der Waals surface area contributed by atoms with Crippen LogP contribution in [0.15, 0.2) is 46.9 Å². The average Bonchev–Trinajstić information content (AvgIpc) is 2.65. The van der Waals surface area contributed by atoms with Crippen LogP contribution in [0.25, 0.3) is 21.9 Å². The van der Waals surface area contributed by atoms with E-state index in [9.17, 15) is 8.42 Å². The van der Waals surface area contributed by atoms with E-state index in [2.05, 4.69) is 4.72 Å². The topological polar surface area (TPSA) is 59.3 Å². The molecule has 0 saturated heterocycles. The first-order chi connectivity index (χ1) is 8.53. The Labute approximate surface area is 104 Å². The molecule has 92 valence electrons. The lowest BCUT2D eigenvalue weighted by atomic mass is 10.1. The fraction of sp³-hybridized carbons (Fsp3) is 0.0769. The minimum absolute atomic E-state index is 0.538. The van der Waals surface area contributed by atoms with Crippen molar-refractivity contribution in [3.05, 3.63) is 42.5 Å². The maximum absolute atomic E-state index is 11.2. The lowest BCUT2D eigenvalue weighted by molar-refractivity contribution is 0.607. The summed E-state index contributed by atoms with van der Waals surface area (Å²) in [5.41, 5.74) is 2.08. The van der Waals surface area contributed by atoms with Crippen LogP contribution < -0.4 is 4.72 Å². The number of benzene rings is 2. The second-order valence-corrected chi connectivity index (χ2v) is 5.93. The third kappa shape index (κ3) is 1.93. The summed E-state index contributed by atoms with van der Waals surface area (Å²) in [6.07, 6.45) is 1.13. The van der Waals surface area contributed by atoms with Gasteiger partial charge in [-0.25, -0.2) is 8.42 Å². The van der Waals surface area contributed by atoms with Crippen LogP contribution in [0.5, 0.6) is 0 Å². The lowest BCUT2D eigenvalue weighted by Crippen LogP contribution is -2.09. The molecule has 1 aromatic heterocycles. The molecule has 5 heteroatoms. The van der Waals surface area contributed by atoms with Crippen molar-refractivity contribution in [2.24, 2.45) is 0 Å². The normalized spacial score (nSPS) is 12.1. The molecule has 18 heavy (non-hydrogen) atoms. The molecule has 0 fully saturated rings. The Hall–Kier alpha value is -2.01. The quantitative estimate of drug-likeness (QED) is 0.771. The van der Waals surface area contributed by atoms with Gasteiger partial charge in [-0.1, -0.05) is 18.2 Å². The van der Waals surface area contributed by atoms with Crippen molar-refractivity contribution in [2.75, 3.05) is 11.0 Å². The molecule has 3 aromatic rings. The average molecular weight is 261 g/mol. The molecule has 0 spiro atoms. The predicted octanol–water partition coefficient (Wildman–Crippen LogP) is 2.96. The molecule has 0 radical (unpaired) electrons. The van der Waals surface area contributed by atoms with Gasteiger partial charge in [-0.05, 0) is 24.3 Å². The molecule has 1 N–H and O–H groups in total. The van der Waals surface area contributed by atoms with Crippen molar-refractivity contribution in [1.29, 1.82) is 0 Å². The molecule has 0 aliphatic carbocycles. The van der Waals surface area contributed by atoms with Gasteiger partial charge in [-0.15, -0.1) is 0 Å². The van der Waals surface area contributed by atoms with Gasteiger partial charge >= 0.3 is 0 Å². The van der Waals surface area contributed by atoms with Gasteiger partial charge in [0.1, 0.15) is 11.2 Å². The first-order valence-electron chi connectivity index (χ1n) is 5.42. The fourth-order valence-corrected chi connectivity index (χ4v) is 2.56. The highest BCUT2D eigenvalue weighted by atomic mass is 32.2. The monoisotopic (exact) mass is 261 g/mol. The van der Waals surface area contributed by atoms with Crippen LogP contribution in [0.4, 0.5) is 5.69 Å². The standard InChI is InChI=1S/C13H11NO3S/c1-18(15,16)14-9-6-7-13-11(8-9)10-4-2-3-5-12(10)17-13/h2-8,14H,1H3. The molecule has 1 heterocycles. The maximum Gasteiger partial charge on any atom is 0.229 e. The van der Waals surface area contributed by atoms with Crippen LogP contribution >= 0.6 is 0 Å². The molecule has 0 unspecified atom stereocenters. The second kappa shape index (κ2) is 3.74. The van der Waals surface area contributed by atoms with Gasteiger partial charge in [0.2, 0.25) is 10.0 Å². The van der Waals surface area contributed by atoms with E-state index in [1.54, 1.807) is 18.2 Å². The minimum atomic E-state index is -3.26. The molecule has 3 rings (SSSR count). The molecular formula is C13H11NO3S. The Morgan fingerprint density at radius 1 is 1.00 bits per heavy atom. The van der Waals surface area contributed by atoms with Crippen molar-refractivity contribution < 1.29 is 12.8 Å². The molecule has 0 aliphatic rings. The smallest absolute Gasteiger partial charge is 0.229 e. The predicted molar refractivity (Wildman–Crippen MR) is 72.2 cm³/mol. The summed E-state index contributed by atoms with van der Waals surface area (Å²) in [5.74, 6) is 0. The van der Waals surface area contributed by atoms with Crippen LogP contribution in [0, 0.1) is 0 Å². The number of fused-ring (bicyclic) bond motifs is 3. The van der Waals surface area contributed by atoms with E-state index in [0.717, 1.165) is 28.2 Å². The highest BCUT2D eigenvalue weighted by Gasteiger charge is 2.08. The molecule has 0 atom stereocenters. The molecule has 0 aliphatic heterocycles. The second-order valence-electron chi connectivity index (χ2n) is 4.18. The molecule has 0 amide bonds. The number of hydrogen-bond donors (Lipinski definition) is 1. The van der Waals surface area contributed by atoms with Gasteiger partial charge in [-0.2, -0.15) is 0 Å². The fourth-order valence-electron chi connectivity index (χ4n) is 2.00. The van der Waals surface area contributed by atoms with Crippen LogP contribution in [0.3, 0.4) is 0 Å². The molecule has 0 saturated carbocycles. The van der Waals surface area contributed by atoms with E-state index < -0.39 is 10.0 Å². The SMILES string of the molecule is CS(=O)(=O)Nc1ccc2oc3ccccc3c2c1. The van der Waals surface area contributed by atoms with Crippen LogP contribution in [-0.2, 0) is 10.0 Å². The zero-order valence-electron chi connectivity index (χ0n) is 9.67. The summed E-state index contributed by atoms with van der Waals surface area (Å²) in [5, 5.41) is 1.88. The third-order valence-electron chi connectivity index (χ3n) is 2.68. The van der Waals surface area contributed by atoms with Gasteiger partial charge in [0.05, 0.1) is 6.26 Å². The Kier molecular flexibility index (Phi) is 2.31. The molecule has 4 nitrogen and oxygen atoms in total. The molecular weight excluding hydrogens is 250 g/mol.